The predicted octanol–water partition coefficient (Wildman–Crippen LogP) is 4.17. The van der Waals surface area contributed by atoms with Crippen LogP contribution in [0, 0.1) is 0 Å². The van der Waals surface area contributed by atoms with Gasteiger partial charge in [-0.2, -0.15) is 0 Å². The minimum absolute atomic E-state index is 0.409. The largest absolute Gasteiger partial charge is 0.250 e. The van der Waals surface area contributed by atoms with Crippen molar-refractivity contribution in [2.75, 3.05) is 6.54 Å². The van der Waals surface area contributed by atoms with E-state index in [1.165, 1.54) is 49.9 Å². The van der Waals surface area contributed by atoms with Crippen molar-refractivity contribution in [1.82, 2.24) is 4.72 Å². The first-order valence-corrected chi connectivity index (χ1v) is 9.56. The average Bonchev–Trinajstić information content (AvgIpc) is 2.91. The summed E-state index contributed by atoms with van der Waals surface area (Å²) in [6, 6.07) is 3.40. The molecule has 3 nitrogen and oxygen atoms in total. The normalized spacial score (nSPS) is 11.8. The zero-order chi connectivity index (χ0) is 14.0. The topological polar surface area (TPSA) is 46.2 Å². The van der Waals surface area contributed by atoms with Gasteiger partial charge in [-0.25, -0.2) is 13.1 Å². The Labute approximate surface area is 121 Å². The van der Waals surface area contributed by atoms with Crippen LogP contribution in [0.4, 0.5) is 0 Å². The molecule has 5 heteroatoms. The standard InChI is InChI=1S/C14H25NO2S2/c1-2-3-4-5-6-7-8-9-12-15-19(16,17)14-11-10-13-18-14/h10-11,13,15H,2-9,12H2,1H3. The average molecular weight is 303 g/mol. The molecule has 0 aromatic carbocycles. The molecule has 0 radical (unpaired) electrons. The molecular weight excluding hydrogens is 278 g/mol. The highest BCUT2D eigenvalue weighted by molar-refractivity contribution is 7.91. The molecule has 1 heterocycles. The molecule has 0 fully saturated rings. The van der Waals surface area contributed by atoms with E-state index >= 15 is 0 Å². The summed E-state index contributed by atoms with van der Waals surface area (Å²) in [5.41, 5.74) is 0. The Bertz CT molecular complexity index is 413. The highest BCUT2D eigenvalue weighted by Gasteiger charge is 2.13. The van der Waals surface area contributed by atoms with Crippen LogP contribution >= 0.6 is 11.3 Å². The van der Waals surface area contributed by atoms with Gasteiger partial charge in [-0.3, -0.25) is 0 Å². The van der Waals surface area contributed by atoms with Crippen molar-refractivity contribution in [1.29, 1.82) is 0 Å². The van der Waals surface area contributed by atoms with Gasteiger partial charge in [-0.05, 0) is 17.9 Å². The summed E-state index contributed by atoms with van der Waals surface area (Å²) in [6.45, 7) is 2.77. The van der Waals surface area contributed by atoms with E-state index < -0.39 is 10.0 Å². The first kappa shape index (κ1) is 16.7. The second kappa shape index (κ2) is 9.50. The van der Waals surface area contributed by atoms with Crippen molar-refractivity contribution in [3.8, 4) is 0 Å². The number of sulfonamides is 1. The van der Waals surface area contributed by atoms with Gasteiger partial charge in [-0.15, -0.1) is 11.3 Å². The van der Waals surface area contributed by atoms with Crippen LogP contribution in [-0.4, -0.2) is 15.0 Å². The van der Waals surface area contributed by atoms with E-state index in [0.717, 1.165) is 12.8 Å². The number of unbranched alkanes of at least 4 members (excludes halogenated alkanes) is 7. The van der Waals surface area contributed by atoms with Gasteiger partial charge in [0.2, 0.25) is 10.0 Å². The Morgan fingerprint density at radius 1 is 1.05 bits per heavy atom. The lowest BCUT2D eigenvalue weighted by Gasteiger charge is -2.04. The lowest BCUT2D eigenvalue weighted by atomic mass is 10.1. The smallest absolute Gasteiger partial charge is 0.210 e. The first-order valence-electron chi connectivity index (χ1n) is 7.20. The maximum absolute atomic E-state index is 11.8. The van der Waals surface area contributed by atoms with Gasteiger partial charge >= 0.3 is 0 Å². The molecule has 110 valence electrons. The van der Waals surface area contributed by atoms with Crippen molar-refractivity contribution < 1.29 is 8.42 Å². The van der Waals surface area contributed by atoms with E-state index in [1.807, 2.05) is 0 Å². The molecule has 0 unspecified atom stereocenters. The molecule has 0 aliphatic rings. The zero-order valence-corrected chi connectivity index (χ0v) is 13.4. The lowest BCUT2D eigenvalue weighted by Crippen LogP contribution is -2.23. The van der Waals surface area contributed by atoms with Gasteiger partial charge < -0.3 is 0 Å². The fourth-order valence-electron chi connectivity index (χ4n) is 1.95. The van der Waals surface area contributed by atoms with E-state index in [0.29, 0.717) is 10.8 Å². The van der Waals surface area contributed by atoms with Gasteiger partial charge in [0.25, 0.3) is 0 Å². The maximum atomic E-state index is 11.8. The highest BCUT2D eigenvalue weighted by atomic mass is 32.2. The third-order valence-electron chi connectivity index (χ3n) is 3.08. The molecule has 0 bridgehead atoms. The molecule has 0 spiro atoms. The van der Waals surface area contributed by atoms with Gasteiger partial charge in [-0.1, -0.05) is 57.9 Å². The molecule has 0 saturated carbocycles. The van der Waals surface area contributed by atoms with Crippen LogP contribution in [0.2, 0.25) is 0 Å². The lowest BCUT2D eigenvalue weighted by molar-refractivity contribution is 0.560. The van der Waals surface area contributed by atoms with Gasteiger partial charge in [0.1, 0.15) is 4.21 Å². The van der Waals surface area contributed by atoms with Crippen LogP contribution in [0.1, 0.15) is 58.3 Å². The first-order chi connectivity index (χ1) is 9.17. The van der Waals surface area contributed by atoms with Crippen LogP contribution in [0.15, 0.2) is 21.7 Å². The summed E-state index contributed by atoms with van der Waals surface area (Å²) in [6.07, 6.45) is 9.79. The number of nitrogens with one attached hydrogen (secondary N) is 1. The van der Waals surface area contributed by atoms with Crippen LogP contribution in [-0.2, 0) is 10.0 Å². The fraction of sp³-hybridized carbons (Fsp3) is 0.714. The van der Waals surface area contributed by atoms with Gasteiger partial charge in [0, 0.05) is 6.54 Å². The van der Waals surface area contributed by atoms with Crippen molar-refractivity contribution in [2.45, 2.75) is 62.5 Å². The number of thiophene rings is 1. The number of hydrogen-bond acceptors (Lipinski definition) is 3. The Kier molecular flexibility index (Phi) is 8.34. The molecule has 0 aliphatic heterocycles. The summed E-state index contributed by atoms with van der Waals surface area (Å²) >= 11 is 1.26. The molecule has 19 heavy (non-hydrogen) atoms. The summed E-state index contributed by atoms with van der Waals surface area (Å²) in [5, 5.41) is 1.78. The van der Waals surface area contributed by atoms with E-state index in [4.69, 9.17) is 0 Å². The van der Waals surface area contributed by atoms with E-state index in [2.05, 4.69) is 11.6 Å². The quantitative estimate of drug-likeness (QED) is 0.624. The monoisotopic (exact) mass is 303 g/mol. The van der Waals surface area contributed by atoms with Gasteiger partial charge in [0.05, 0.1) is 0 Å². The van der Waals surface area contributed by atoms with Crippen molar-refractivity contribution in [3.63, 3.8) is 0 Å². The third kappa shape index (κ3) is 7.09. The van der Waals surface area contributed by atoms with E-state index in [1.54, 1.807) is 17.5 Å². The molecule has 1 aromatic heterocycles. The van der Waals surface area contributed by atoms with Crippen molar-refractivity contribution in [3.05, 3.63) is 17.5 Å². The van der Waals surface area contributed by atoms with Crippen LogP contribution in [0.25, 0.3) is 0 Å². The van der Waals surface area contributed by atoms with Crippen LogP contribution in [0.5, 0.6) is 0 Å². The number of hydrogen-bond donors (Lipinski definition) is 1. The molecule has 1 N–H and O–H groups in total. The molecule has 0 atom stereocenters. The molecule has 1 aromatic rings. The summed E-state index contributed by atoms with van der Waals surface area (Å²) in [4.78, 5) is 0. The second-order valence-corrected chi connectivity index (χ2v) is 7.75. The molecule has 0 saturated heterocycles. The van der Waals surface area contributed by atoms with Crippen molar-refractivity contribution >= 4 is 21.4 Å². The Morgan fingerprint density at radius 3 is 2.26 bits per heavy atom. The predicted molar refractivity (Wildman–Crippen MR) is 82.1 cm³/mol. The summed E-state index contributed by atoms with van der Waals surface area (Å²) in [5.74, 6) is 0. The SMILES string of the molecule is CCCCCCCCCCNS(=O)(=O)c1cccs1. The Hall–Kier alpha value is -0.390. The summed E-state index contributed by atoms with van der Waals surface area (Å²) in [7, 11) is -3.25. The maximum Gasteiger partial charge on any atom is 0.250 e. The van der Waals surface area contributed by atoms with Crippen LogP contribution < -0.4 is 4.72 Å². The van der Waals surface area contributed by atoms with E-state index in [9.17, 15) is 8.42 Å². The number of rotatable bonds is 11. The molecule has 0 aliphatic carbocycles. The minimum Gasteiger partial charge on any atom is -0.210 e. The Balaban J connectivity index is 2.02. The van der Waals surface area contributed by atoms with E-state index in [-0.39, 0.29) is 0 Å². The highest BCUT2D eigenvalue weighted by Crippen LogP contribution is 2.15. The molecular formula is C14H25NO2S2. The van der Waals surface area contributed by atoms with Crippen LogP contribution in [0.3, 0.4) is 0 Å². The summed E-state index contributed by atoms with van der Waals surface area (Å²) < 4.78 is 26.7. The van der Waals surface area contributed by atoms with Gasteiger partial charge in [0.15, 0.2) is 0 Å². The van der Waals surface area contributed by atoms with Crippen molar-refractivity contribution in [2.24, 2.45) is 0 Å². The third-order valence-corrected chi connectivity index (χ3v) is 5.94. The minimum atomic E-state index is -3.25. The fourth-order valence-corrected chi connectivity index (χ4v) is 4.06. The second-order valence-electron chi connectivity index (χ2n) is 4.80. The zero-order valence-electron chi connectivity index (χ0n) is 11.7. The molecule has 0 amide bonds. The molecule has 1 rings (SSSR count). The Morgan fingerprint density at radius 2 is 1.68 bits per heavy atom.